The summed E-state index contributed by atoms with van der Waals surface area (Å²) in [6.45, 7) is 1.36. The topological polar surface area (TPSA) is 77.2 Å². The summed E-state index contributed by atoms with van der Waals surface area (Å²) >= 11 is 5.82. The number of hydrogen-bond donors (Lipinski definition) is 0. The molecule has 108 valence electrons. The van der Waals surface area contributed by atoms with Crippen LogP contribution in [0.3, 0.4) is 0 Å². The van der Waals surface area contributed by atoms with Gasteiger partial charge >= 0.3 is 11.7 Å². The van der Waals surface area contributed by atoms with Crippen molar-refractivity contribution >= 4 is 29.1 Å². The molecule has 0 atom stereocenters. The van der Waals surface area contributed by atoms with Crippen molar-refractivity contribution in [3.8, 4) is 0 Å². The van der Waals surface area contributed by atoms with Crippen LogP contribution in [-0.2, 0) is 17.9 Å². The summed E-state index contributed by atoms with van der Waals surface area (Å²) in [4.78, 5) is 40.7. The van der Waals surface area contributed by atoms with Crippen LogP contribution in [0.1, 0.15) is 12.7 Å². The zero-order valence-corrected chi connectivity index (χ0v) is 11.9. The first kappa shape index (κ1) is 13.6. The Kier molecular flexibility index (Phi) is 3.13. The third kappa shape index (κ3) is 2.25. The van der Waals surface area contributed by atoms with Crippen molar-refractivity contribution in [2.24, 2.45) is 0 Å². The molecule has 0 fully saturated rings. The van der Waals surface area contributed by atoms with E-state index in [2.05, 4.69) is 4.98 Å². The van der Waals surface area contributed by atoms with Gasteiger partial charge in [-0.15, -0.1) is 0 Å². The zero-order chi connectivity index (χ0) is 15.1. The van der Waals surface area contributed by atoms with Gasteiger partial charge in [-0.2, -0.15) is 9.67 Å². The Hall–Kier alpha value is -2.41. The standard InChI is InChI=1S/C13H11ClN4O3/c1-8(19)6-17-12(20)15-11-7-16(13(21)18(11)17)10-4-2-9(14)3-5-10/h2-5H,6-7H2,1H3. The van der Waals surface area contributed by atoms with Crippen molar-refractivity contribution in [1.29, 1.82) is 0 Å². The molecule has 0 unspecified atom stereocenters. The molecule has 21 heavy (non-hydrogen) atoms. The minimum absolute atomic E-state index is 0.175. The Morgan fingerprint density at radius 3 is 2.57 bits per heavy atom. The van der Waals surface area contributed by atoms with Crippen molar-refractivity contribution in [3.63, 3.8) is 0 Å². The quantitative estimate of drug-likeness (QED) is 0.855. The highest BCUT2D eigenvalue weighted by atomic mass is 35.5. The number of ketones is 1. The van der Waals surface area contributed by atoms with E-state index in [1.165, 1.54) is 11.8 Å². The van der Waals surface area contributed by atoms with Gasteiger partial charge in [0, 0.05) is 10.7 Å². The highest BCUT2D eigenvalue weighted by Gasteiger charge is 2.33. The third-order valence-electron chi connectivity index (χ3n) is 3.15. The monoisotopic (exact) mass is 306 g/mol. The third-order valence-corrected chi connectivity index (χ3v) is 3.41. The maximum Gasteiger partial charge on any atom is 0.365 e. The fourth-order valence-electron chi connectivity index (χ4n) is 2.25. The van der Waals surface area contributed by atoms with Gasteiger partial charge in [0.15, 0.2) is 11.6 Å². The van der Waals surface area contributed by atoms with Crippen LogP contribution >= 0.6 is 11.6 Å². The molecular formula is C13H11ClN4O3. The minimum Gasteiger partial charge on any atom is -0.298 e. The second-order valence-corrected chi connectivity index (χ2v) is 5.16. The lowest BCUT2D eigenvalue weighted by Gasteiger charge is -2.15. The summed E-state index contributed by atoms with van der Waals surface area (Å²) in [7, 11) is 0. The summed E-state index contributed by atoms with van der Waals surface area (Å²) in [5, 5.41) is 0.566. The predicted octanol–water partition coefficient (Wildman–Crippen LogP) is 1.28. The summed E-state index contributed by atoms with van der Waals surface area (Å²) in [5.41, 5.74) is 0.0565. The molecule has 0 saturated carbocycles. The molecule has 0 saturated heterocycles. The van der Waals surface area contributed by atoms with E-state index in [1.807, 2.05) is 0 Å². The highest BCUT2D eigenvalue weighted by molar-refractivity contribution is 6.30. The zero-order valence-electron chi connectivity index (χ0n) is 11.1. The molecule has 0 spiro atoms. The van der Waals surface area contributed by atoms with E-state index in [9.17, 15) is 14.4 Å². The highest BCUT2D eigenvalue weighted by Crippen LogP contribution is 2.24. The Morgan fingerprint density at radius 1 is 1.29 bits per heavy atom. The molecule has 8 heteroatoms. The summed E-state index contributed by atoms with van der Waals surface area (Å²) in [5.74, 6) is 0.0961. The van der Waals surface area contributed by atoms with Crippen molar-refractivity contribution in [2.45, 2.75) is 20.0 Å². The lowest BCUT2D eigenvalue weighted by molar-refractivity contribution is -0.117. The number of rotatable bonds is 3. The number of nitrogens with zero attached hydrogens (tertiary/aromatic N) is 4. The second kappa shape index (κ2) is 4.85. The number of benzene rings is 1. The lowest BCUT2D eigenvalue weighted by atomic mass is 10.3. The van der Waals surface area contributed by atoms with Gasteiger partial charge in [0.25, 0.3) is 0 Å². The van der Waals surface area contributed by atoms with Gasteiger partial charge in [-0.1, -0.05) is 11.6 Å². The predicted molar refractivity (Wildman–Crippen MR) is 75.6 cm³/mol. The van der Waals surface area contributed by atoms with E-state index < -0.39 is 11.7 Å². The number of anilines is 1. The van der Waals surface area contributed by atoms with E-state index in [4.69, 9.17) is 11.6 Å². The van der Waals surface area contributed by atoms with Crippen LogP contribution < -0.4 is 10.6 Å². The lowest BCUT2D eigenvalue weighted by Crippen LogP contribution is -2.35. The number of carbonyl (C=O) groups excluding carboxylic acids is 2. The van der Waals surface area contributed by atoms with E-state index in [1.54, 1.807) is 24.3 Å². The van der Waals surface area contributed by atoms with Crippen LogP contribution in [0.25, 0.3) is 0 Å². The smallest absolute Gasteiger partial charge is 0.298 e. The Labute approximate surface area is 124 Å². The number of Topliss-reactive ketones (excluding diaryl/α,β-unsaturated/α-hetero) is 1. The van der Waals surface area contributed by atoms with Gasteiger partial charge in [-0.05, 0) is 31.2 Å². The largest absolute Gasteiger partial charge is 0.365 e. The molecule has 0 aliphatic carbocycles. The van der Waals surface area contributed by atoms with Crippen LogP contribution in [0.5, 0.6) is 0 Å². The molecule has 0 N–H and O–H groups in total. The number of carbonyl (C=O) groups is 2. The van der Waals surface area contributed by atoms with Gasteiger partial charge in [0.2, 0.25) is 0 Å². The van der Waals surface area contributed by atoms with Crippen LogP contribution in [0.15, 0.2) is 29.1 Å². The van der Waals surface area contributed by atoms with Gasteiger partial charge in [-0.25, -0.2) is 14.3 Å². The average molecular weight is 307 g/mol. The van der Waals surface area contributed by atoms with Crippen molar-refractivity contribution in [3.05, 3.63) is 45.6 Å². The first-order valence-electron chi connectivity index (χ1n) is 6.23. The second-order valence-electron chi connectivity index (χ2n) is 4.73. The van der Waals surface area contributed by atoms with Crippen molar-refractivity contribution in [2.75, 3.05) is 4.90 Å². The number of halogens is 1. The molecule has 2 heterocycles. The first-order chi connectivity index (χ1) is 9.97. The van der Waals surface area contributed by atoms with E-state index >= 15 is 0 Å². The molecule has 2 aromatic rings. The summed E-state index contributed by atoms with van der Waals surface area (Å²) < 4.78 is 2.20. The number of aromatic nitrogens is 3. The van der Waals surface area contributed by atoms with E-state index in [0.717, 1.165) is 9.36 Å². The van der Waals surface area contributed by atoms with Gasteiger partial charge in [0.05, 0.1) is 6.54 Å². The van der Waals surface area contributed by atoms with Crippen LogP contribution in [0, 0.1) is 0 Å². The fraction of sp³-hybridized carbons (Fsp3) is 0.231. The molecular weight excluding hydrogens is 296 g/mol. The molecule has 0 bridgehead atoms. The van der Waals surface area contributed by atoms with Crippen LogP contribution in [0.4, 0.5) is 10.5 Å². The Balaban J connectivity index is 2.00. The minimum atomic E-state index is -0.593. The fourth-order valence-corrected chi connectivity index (χ4v) is 2.38. The molecule has 1 amide bonds. The Morgan fingerprint density at radius 2 is 1.95 bits per heavy atom. The molecule has 3 rings (SSSR count). The van der Waals surface area contributed by atoms with E-state index in [0.29, 0.717) is 16.5 Å². The maximum absolute atomic E-state index is 12.4. The molecule has 1 aromatic heterocycles. The molecule has 7 nitrogen and oxygen atoms in total. The average Bonchev–Trinajstić information content (AvgIpc) is 2.89. The van der Waals surface area contributed by atoms with Gasteiger partial charge < -0.3 is 0 Å². The maximum atomic E-state index is 12.4. The molecule has 1 aromatic carbocycles. The van der Waals surface area contributed by atoms with Gasteiger partial charge in [-0.3, -0.25) is 9.69 Å². The van der Waals surface area contributed by atoms with Gasteiger partial charge in [0.1, 0.15) is 6.54 Å². The van der Waals surface area contributed by atoms with Crippen molar-refractivity contribution < 1.29 is 9.59 Å². The van der Waals surface area contributed by atoms with E-state index in [-0.39, 0.29) is 18.9 Å². The summed E-state index contributed by atoms with van der Waals surface area (Å²) in [6.07, 6.45) is 0. The summed E-state index contributed by atoms with van der Waals surface area (Å²) in [6, 6.07) is 6.35. The first-order valence-corrected chi connectivity index (χ1v) is 6.61. The number of fused-ring (bicyclic) bond motifs is 1. The number of amides is 1. The van der Waals surface area contributed by atoms with Crippen LogP contribution in [0.2, 0.25) is 5.02 Å². The SMILES string of the molecule is CC(=O)Cn1c(=O)nc2n1C(=O)N(c1ccc(Cl)cc1)C2. The van der Waals surface area contributed by atoms with Crippen molar-refractivity contribution in [1.82, 2.24) is 14.3 Å². The normalized spacial score (nSPS) is 13.6. The Bertz CT molecular complexity index is 791. The van der Waals surface area contributed by atoms with Crippen LogP contribution in [-0.4, -0.2) is 26.2 Å². The number of hydrogen-bond acceptors (Lipinski definition) is 4. The molecule has 1 aliphatic heterocycles. The molecule has 0 radical (unpaired) electrons. The molecule has 1 aliphatic rings.